The molecule has 7 heteroatoms. The molecule has 0 aromatic heterocycles. The Kier molecular flexibility index (Phi) is 23.2. The van der Waals surface area contributed by atoms with Crippen molar-refractivity contribution in [2.45, 2.75) is 6.92 Å². The largest absolute Gasteiger partial charge is 0.450 e. The van der Waals surface area contributed by atoms with Gasteiger partial charge in [0.15, 0.2) is 0 Å². The van der Waals surface area contributed by atoms with Gasteiger partial charge in [-0.2, -0.15) is 0 Å². The van der Waals surface area contributed by atoms with Crippen LogP contribution in [0.3, 0.4) is 0 Å². The van der Waals surface area contributed by atoms with Crippen molar-refractivity contribution in [1.82, 2.24) is 6.15 Å². The number of hydrogen-bond donors (Lipinski definition) is 3. The molecule has 66 valence electrons. The maximum absolute atomic E-state index is 9.60. The molecule has 7 nitrogen and oxygen atoms in total. The minimum absolute atomic E-state index is 0. The zero-order valence-electron chi connectivity index (χ0n) is 6.11. The Morgan fingerprint density at radius 3 is 2.18 bits per heavy atom. The number of primary amides is 1. The van der Waals surface area contributed by atoms with Gasteiger partial charge in [0, 0.05) is 5.16 Å². The summed E-state index contributed by atoms with van der Waals surface area (Å²) in [6, 6.07) is 0. The first-order valence-electron chi connectivity index (χ1n) is 2.32. The van der Waals surface area contributed by atoms with Gasteiger partial charge in [0.1, 0.15) is 0 Å². The van der Waals surface area contributed by atoms with Crippen molar-refractivity contribution in [3.63, 3.8) is 0 Å². The molecule has 0 aliphatic carbocycles. The van der Waals surface area contributed by atoms with E-state index in [0.29, 0.717) is 6.61 Å². The summed E-state index contributed by atoms with van der Waals surface area (Å²) in [5.41, 5.74) is 4.54. The van der Waals surface area contributed by atoms with E-state index in [1.165, 1.54) is 0 Å². The van der Waals surface area contributed by atoms with Crippen LogP contribution in [-0.2, 0) is 9.53 Å². The predicted molar refractivity (Wildman–Crippen MR) is 36.1 cm³/mol. The minimum Gasteiger partial charge on any atom is -0.450 e. The molecule has 0 heterocycles. The Balaban J connectivity index is -0.000000114. The molecule has 0 rings (SSSR count). The van der Waals surface area contributed by atoms with Crippen molar-refractivity contribution < 1.29 is 19.5 Å². The summed E-state index contributed by atoms with van der Waals surface area (Å²) in [4.78, 5) is 18.2. The van der Waals surface area contributed by atoms with Crippen LogP contribution in [0.1, 0.15) is 6.92 Å². The average molecular weight is 165 g/mol. The lowest BCUT2D eigenvalue weighted by Crippen LogP contribution is -2.11. The van der Waals surface area contributed by atoms with Crippen LogP contribution in [0.15, 0.2) is 5.16 Å². The Morgan fingerprint density at radius 1 is 1.82 bits per heavy atom. The fraction of sp³-hybridized carbons (Fsp3) is 0.500. The molecule has 1 amide bonds. The van der Waals surface area contributed by atoms with Crippen LogP contribution in [0.25, 0.3) is 0 Å². The highest BCUT2D eigenvalue weighted by atomic mass is 16.5. The Bertz CT molecular complexity index is 131. The van der Waals surface area contributed by atoms with Crippen molar-refractivity contribution >= 4 is 12.2 Å². The summed E-state index contributed by atoms with van der Waals surface area (Å²) in [5.74, 6) is 0. The summed E-state index contributed by atoms with van der Waals surface area (Å²) in [6.45, 7) is 2.06. The SMILES string of the molecule is CCOC(N)=O.N.O=C=NO. The van der Waals surface area contributed by atoms with Crippen LogP contribution in [0.4, 0.5) is 4.79 Å². The first kappa shape index (κ1) is 16.2. The van der Waals surface area contributed by atoms with Gasteiger partial charge in [-0.15, -0.1) is 0 Å². The van der Waals surface area contributed by atoms with Crippen molar-refractivity contribution in [3.05, 3.63) is 0 Å². The van der Waals surface area contributed by atoms with Crippen LogP contribution >= 0.6 is 0 Å². The summed E-state index contributed by atoms with van der Waals surface area (Å²) in [5, 5.41) is 9.01. The van der Waals surface area contributed by atoms with Gasteiger partial charge in [0.2, 0.25) is 0 Å². The highest BCUT2D eigenvalue weighted by molar-refractivity contribution is 5.64. The molecule has 6 N–H and O–H groups in total. The third kappa shape index (κ3) is 59.5. The Labute approximate surface area is 63.4 Å². The molecule has 0 atom stereocenters. The predicted octanol–water partition coefficient (Wildman–Crippen LogP) is -0.0250. The highest BCUT2D eigenvalue weighted by Gasteiger charge is 1.82. The van der Waals surface area contributed by atoms with Crippen molar-refractivity contribution in [2.75, 3.05) is 6.61 Å². The summed E-state index contributed by atoms with van der Waals surface area (Å²) < 4.78 is 4.18. The molecule has 0 bridgehead atoms. The maximum atomic E-state index is 9.60. The molecule has 11 heavy (non-hydrogen) atoms. The molecule has 0 saturated heterocycles. The Morgan fingerprint density at radius 2 is 2.18 bits per heavy atom. The van der Waals surface area contributed by atoms with Gasteiger partial charge in [-0.25, -0.2) is 9.59 Å². The van der Waals surface area contributed by atoms with Gasteiger partial charge in [-0.05, 0) is 6.92 Å². The molecule has 0 aliphatic heterocycles. The molecule has 0 radical (unpaired) electrons. The number of carbonyl (C=O) groups is 1. The highest BCUT2D eigenvalue weighted by Crippen LogP contribution is 1.66. The molecule has 0 unspecified atom stereocenters. The summed E-state index contributed by atoms with van der Waals surface area (Å²) in [7, 11) is 0. The smallest absolute Gasteiger partial charge is 0.404 e. The van der Waals surface area contributed by atoms with E-state index in [9.17, 15) is 4.79 Å². The number of rotatable bonds is 1. The van der Waals surface area contributed by atoms with Crippen LogP contribution in [0.2, 0.25) is 0 Å². The average Bonchev–Trinajstić information content (AvgIpc) is 1.89. The van der Waals surface area contributed by atoms with E-state index in [2.05, 4.69) is 10.5 Å². The molecule has 0 saturated carbocycles. The van der Waals surface area contributed by atoms with E-state index < -0.39 is 6.09 Å². The normalized spacial score (nSPS) is 5.55. The van der Waals surface area contributed by atoms with Gasteiger partial charge in [0.05, 0.1) is 6.61 Å². The molecule has 0 fully saturated rings. The topological polar surface area (TPSA) is 137 Å². The van der Waals surface area contributed by atoms with Crippen LogP contribution in [-0.4, -0.2) is 24.0 Å². The van der Waals surface area contributed by atoms with Crippen molar-refractivity contribution in [1.29, 1.82) is 0 Å². The van der Waals surface area contributed by atoms with Gasteiger partial charge in [0.25, 0.3) is 6.08 Å². The van der Waals surface area contributed by atoms with Crippen LogP contribution < -0.4 is 11.9 Å². The third-order valence-electron chi connectivity index (χ3n) is 0.327. The summed E-state index contributed by atoms with van der Waals surface area (Å²) >= 11 is 0. The number of carbonyl (C=O) groups excluding carboxylic acids is 2. The van der Waals surface area contributed by atoms with E-state index in [0.717, 1.165) is 6.08 Å². The fourth-order valence-electron chi connectivity index (χ4n) is 0.142. The third-order valence-corrected chi connectivity index (χ3v) is 0.327. The molecule has 0 aliphatic rings. The number of nitrogens with two attached hydrogens (primary N) is 1. The van der Waals surface area contributed by atoms with E-state index in [1.807, 2.05) is 5.16 Å². The van der Waals surface area contributed by atoms with Gasteiger partial charge >= 0.3 is 6.09 Å². The maximum Gasteiger partial charge on any atom is 0.404 e. The summed E-state index contributed by atoms with van der Waals surface area (Å²) in [6.07, 6.45) is 0.150. The second kappa shape index (κ2) is 15.8. The second-order valence-electron chi connectivity index (χ2n) is 0.943. The first-order chi connectivity index (χ1) is 4.68. The van der Waals surface area contributed by atoms with Crippen LogP contribution in [0.5, 0.6) is 0 Å². The molecule has 0 spiro atoms. The molecule has 0 aromatic carbocycles. The lowest BCUT2D eigenvalue weighted by molar-refractivity contribution is 0.163. The number of nitrogens with zero attached hydrogens (tertiary/aromatic N) is 1. The van der Waals surface area contributed by atoms with Gasteiger partial charge < -0.3 is 21.8 Å². The van der Waals surface area contributed by atoms with E-state index >= 15 is 0 Å². The van der Waals surface area contributed by atoms with Gasteiger partial charge in [-0.1, -0.05) is 0 Å². The van der Waals surface area contributed by atoms with E-state index in [4.69, 9.17) is 10.0 Å². The Hall–Kier alpha value is -1.59. The second-order valence-corrected chi connectivity index (χ2v) is 0.943. The first-order valence-corrected chi connectivity index (χ1v) is 2.32. The molecule has 0 aromatic rings. The number of amides is 1. The minimum atomic E-state index is -0.711. The number of ether oxygens (including phenoxy) is 1. The van der Waals surface area contributed by atoms with Gasteiger partial charge in [-0.3, -0.25) is 0 Å². The zero-order chi connectivity index (χ0) is 8.41. The molecular formula is C4H11N3O4. The van der Waals surface area contributed by atoms with Crippen molar-refractivity contribution in [3.8, 4) is 0 Å². The monoisotopic (exact) mass is 165 g/mol. The lowest BCUT2D eigenvalue weighted by atomic mass is 10.9. The zero-order valence-corrected chi connectivity index (χ0v) is 6.11. The number of isocyanates is 1. The van der Waals surface area contributed by atoms with E-state index in [-0.39, 0.29) is 6.15 Å². The lowest BCUT2D eigenvalue weighted by Gasteiger charge is -1.89. The number of hydrogen-bond acceptors (Lipinski definition) is 6. The van der Waals surface area contributed by atoms with E-state index in [1.54, 1.807) is 6.92 Å². The van der Waals surface area contributed by atoms with Crippen molar-refractivity contribution in [2.24, 2.45) is 10.9 Å². The molecular weight excluding hydrogens is 154 g/mol. The standard InChI is InChI=1S/C3H7NO2.CHNO2.H3N/c1-2-6-3(4)5;3-1-2-4;/h2H2,1H3,(H2,4,5);4H;1H3. The quantitative estimate of drug-likeness (QED) is 0.217. The fourth-order valence-corrected chi connectivity index (χ4v) is 0.142. The van der Waals surface area contributed by atoms with Crippen LogP contribution in [0, 0.1) is 0 Å².